The molecule has 2 aromatic carbocycles. The molecule has 3 aromatic rings. The van der Waals surface area contributed by atoms with Crippen LogP contribution in [0.1, 0.15) is 39.2 Å². The largest absolute Gasteiger partial charge is 0.479 e. The third-order valence-corrected chi connectivity index (χ3v) is 7.87. The molecule has 1 N–H and O–H groups in total. The molecule has 0 fully saturated rings. The lowest BCUT2D eigenvalue weighted by molar-refractivity contribution is 0.102. The van der Waals surface area contributed by atoms with Crippen molar-refractivity contribution in [3.05, 3.63) is 71.2 Å². The second-order valence-corrected chi connectivity index (χ2v) is 10.7. The van der Waals surface area contributed by atoms with Crippen molar-refractivity contribution in [2.45, 2.75) is 25.7 Å². The van der Waals surface area contributed by atoms with Gasteiger partial charge in [0.15, 0.2) is 0 Å². The van der Waals surface area contributed by atoms with Crippen LogP contribution in [0, 0.1) is 19.5 Å². The van der Waals surface area contributed by atoms with Crippen LogP contribution in [-0.2, 0) is 12.8 Å². The number of thiophene rings is 1. The van der Waals surface area contributed by atoms with Crippen LogP contribution >= 0.6 is 56.5 Å². The van der Waals surface area contributed by atoms with Crippen molar-refractivity contribution >= 4 is 79.3 Å². The van der Waals surface area contributed by atoms with E-state index in [9.17, 15) is 4.79 Å². The molecule has 0 unspecified atom stereocenters. The maximum absolute atomic E-state index is 13.2. The van der Waals surface area contributed by atoms with Crippen LogP contribution in [0.4, 0.5) is 10.7 Å². The van der Waals surface area contributed by atoms with Crippen LogP contribution in [-0.4, -0.2) is 18.7 Å². The topological polar surface area (TPSA) is 50.7 Å². The number of aliphatic imine (C=N–C) groups is 1. The van der Waals surface area contributed by atoms with E-state index in [0.29, 0.717) is 5.56 Å². The fourth-order valence-corrected chi connectivity index (χ4v) is 6.99. The summed E-state index contributed by atoms with van der Waals surface area (Å²) in [7, 11) is 0. The van der Waals surface area contributed by atoms with Gasteiger partial charge in [-0.05, 0) is 106 Å². The Morgan fingerprint density at radius 2 is 1.91 bits per heavy atom. The number of halogens is 2. The second kappa shape index (κ2) is 10.8. The molecular formula is C25H20I2N2O2S. The predicted octanol–water partition coefficient (Wildman–Crippen LogP) is 6.85. The van der Waals surface area contributed by atoms with Crippen molar-refractivity contribution in [2.24, 2.45) is 4.99 Å². The zero-order chi connectivity index (χ0) is 22.5. The minimum absolute atomic E-state index is 0.0926. The number of hydrogen-bond acceptors (Lipinski definition) is 4. The van der Waals surface area contributed by atoms with Crippen molar-refractivity contribution in [3.63, 3.8) is 0 Å². The standard InChI is InChI=1S/C25H20I2N2O2S/c1-2-12-31-23-19(26)13-16(14-20(23)27)15-28-25-22(18-10-6-7-11-21(18)32-25)24(30)29-17-8-4-3-5-9-17/h1,3-5,8-9,13-15H,6-7,10-12H2,(H,29,30). The van der Waals surface area contributed by atoms with E-state index in [4.69, 9.17) is 16.2 Å². The first-order valence-electron chi connectivity index (χ1n) is 10.2. The number of hydrogen-bond donors (Lipinski definition) is 1. The maximum Gasteiger partial charge on any atom is 0.259 e. The van der Waals surface area contributed by atoms with E-state index in [-0.39, 0.29) is 12.5 Å². The van der Waals surface area contributed by atoms with Crippen molar-refractivity contribution in [1.29, 1.82) is 0 Å². The summed E-state index contributed by atoms with van der Waals surface area (Å²) in [6, 6.07) is 13.6. The van der Waals surface area contributed by atoms with E-state index in [1.165, 1.54) is 4.88 Å². The van der Waals surface area contributed by atoms with Crippen LogP contribution in [0.15, 0.2) is 47.5 Å². The molecule has 162 valence electrons. The maximum atomic E-state index is 13.2. The first-order valence-corrected chi connectivity index (χ1v) is 13.1. The van der Waals surface area contributed by atoms with Crippen LogP contribution in [0.3, 0.4) is 0 Å². The first-order chi connectivity index (χ1) is 15.6. The molecule has 7 heteroatoms. The van der Waals surface area contributed by atoms with Crippen LogP contribution in [0.25, 0.3) is 0 Å². The van der Waals surface area contributed by atoms with Crippen LogP contribution < -0.4 is 10.1 Å². The highest BCUT2D eigenvalue weighted by molar-refractivity contribution is 14.1. The predicted molar refractivity (Wildman–Crippen MR) is 149 cm³/mol. The molecule has 0 bridgehead atoms. The smallest absolute Gasteiger partial charge is 0.259 e. The number of para-hydroxylation sites is 1. The lowest BCUT2D eigenvalue weighted by atomic mass is 9.95. The Labute approximate surface area is 219 Å². The summed E-state index contributed by atoms with van der Waals surface area (Å²) >= 11 is 6.12. The number of terminal acetylenes is 1. The van der Waals surface area contributed by atoms with Crippen LogP contribution in [0.2, 0.25) is 0 Å². The fraction of sp³-hybridized carbons (Fsp3) is 0.200. The van der Waals surface area contributed by atoms with Gasteiger partial charge in [-0.3, -0.25) is 4.79 Å². The van der Waals surface area contributed by atoms with Crippen LogP contribution in [0.5, 0.6) is 5.75 Å². The van der Waals surface area contributed by atoms with E-state index in [0.717, 1.165) is 60.4 Å². The molecule has 1 amide bonds. The average Bonchev–Trinajstić information content (AvgIpc) is 3.16. The number of nitrogens with one attached hydrogen (secondary N) is 1. The third-order valence-electron chi connectivity index (χ3n) is 5.06. The SMILES string of the molecule is C#CCOc1c(I)cc(C=Nc2sc3c(c2C(=O)Nc2ccccc2)CCCC3)cc1I. The number of anilines is 1. The fourth-order valence-electron chi connectivity index (χ4n) is 3.63. The summed E-state index contributed by atoms with van der Waals surface area (Å²) in [6.45, 7) is 0.236. The zero-order valence-corrected chi connectivity index (χ0v) is 22.3. The molecular weight excluding hydrogens is 646 g/mol. The molecule has 4 nitrogen and oxygen atoms in total. The summed E-state index contributed by atoms with van der Waals surface area (Å²) in [5, 5.41) is 3.80. The molecule has 0 spiro atoms. The molecule has 1 heterocycles. The van der Waals surface area contributed by atoms with Gasteiger partial charge in [-0.2, -0.15) is 0 Å². The van der Waals surface area contributed by atoms with E-state index in [1.54, 1.807) is 11.3 Å². The van der Waals surface area contributed by atoms with Gasteiger partial charge < -0.3 is 10.1 Å². The number of benzene rings is 2. The Kier molecular flexibility index (Phi) is 7.86. The van der Waals surface area contributed by atoms with E-state index in [2.05, 4.69) is 56.4 Å². The Hall–Kier alpha value is -1.90. The van der Waals surface area contributed by atoms with Gasteiger partial charge >= 0.3 is 0 Å². The molecule has 0 aliphatic heterocycles. The summed E-state index contributed by atoms with van der Waals surface area (Å²) in [6.07, 6.45) is 11.3. The summed E-state index contributed by atoms with van der Waals surface area (Å²) in [5.41, 5.74) is 3.61. The molecule has 0 saturated carbocycles. The van der Waals surface area contributed by atoms with Gasteiger partial charge in [0.05, 0.1) is 12.7 Å². The van der Waals surface area contributed by atoms with Gasteiger partial charge in [0.25, 0.3) is 5.91 Å². The minimum Gasteiger partial charge on any atom is -0.479 e. The number of carbonyl (C=O) groups is 1. The second-order valence-electron chi connectivity index (χ2n) is 7.28. The minimum atomic E-state index is -0.0926. The number of nitrogens with zero attached hydrogens (tertiary/aromatic N) is 1. The van der Waals surface area contributed by atoms with Crippen molar-refractivity contribution in [2.75, 3.05) is 11.9 Å². The van der Waals surface area contributed by atoms with Gasteiger partial charge in [0.2, 0.25) is 0 Å². The Bertz CT molecular complexity index is 1190. The lowest BCUT2D eigenvalue weighted by Crippen LogP contribution is -2.14. The van der Waals surface area contributed by atoms with Gasteiger partial charge in [-0.15, -0.1) is 17.8 Å². The van der Waals surface area contributed by atoms with E-state index >= 15 is 0 Å². The monoisotopic (exact) mass is 666 g/mol. The Morgan fingerprint density at radius 1 is 1.19 bits per heavy atom. The number of fused-ring (bicyclic) bond motifs is 1. The highest BCUT2D eigenvalue weighted by Crippen LogP contribution is 2.40. The molecule has 1 aliphatic carbocycles. The van der Waals surface area contributed by atoms with Crippen molar-refractivity contribution < 1.29 is 9.53 Å². The van der Waals surface area contributed by atoms with E-state index < -0.39 is 0 Å². The Morgan fingerprint density at radius 3 is 2.62 bits per heavy atom. The van der Waals surface area contributed by atoms with E-state index in [1.807, 2.05) is 48.7 Å². The van der Waals surface area contributed by atoms with Gasteiger partial charge in [0.1, 0.15) is 17.4 Å². The number of amides is 1. The molecule has 0 radical (unpaired) electrons. The zero-order valence-electron chi connectivity index (χ0n) is 17.2. The third kappa shape index (κ3) is 5.35. The summed E-state index contributed by atoms with van der Waals surface area (Å²) in [4.78, 5) is 19.3. The molecule has 0 saturated heterocycles. The lowest BCUT2D eigenvalue weighted by Gasteiger charge is -2.12. The quantitative estimate of drug-likeness (QED) is 0.178. The molecule has 1 aromatic heterocycles. The first kappa shape index (κ1) is 23.3. The number of rotatable bonds is 6. The number of carbonyl (C=O) groups excluding carboxylic acids is 1. The van der Waals surface area contributed by atoms with Crippen molar-refractivity contribution in [3.8, 4) is 18.1 Å². The highest BCUT2D eigenvalue weighted by atomic mass is 127. The van der Waals surface area contributed by atoms with Gasteiger partial charge in [-0.1, -0.05) is 24.1 Å². The average molecular weight is 666 g/mol. The molecule has 4 rings (SSSR count). The summed E-state index contributed by atoms with van der Waals surface area (Å²) < 4.78 is 7.59. The molecule has 0 atom stereocenters. The summed E-state index contributed by atoms with van der Waals surface area (Å²) in [5.74, 6) is 3.19. The normalized spacial score (nSPS) is 12.9. The van der Waals surface area contributed by atoms with Gasteiger partial charge in [0, 0.05) is 16.8 Å². The van der Waals surface area contributed by atoms with Crippen molar-refractivity contribution in [1.82, 2.24) is 0 Å². The molecule has 32 heavy (non-hydrogen) atoms. The number of ether oxygens (including phenoxy) is 1. The Balaban J connectivity index is 1.65. The highest BCUT2D eigenvalue weighted by Gasteiger charge is 2.25. The molecule has 1 aliphatic rings. The van der Waals surface area contributed by atoms with Gasteiger partial charge in [-0.25, -0.2) is 4.99 Å². The number of aryl methyl sites for hydroxylation is 1.